The van der Waals surface area contributed by atoms with Gasteiger partial charge >= 0.3 is 0 Å². The first kappa shape index (κ1) is 13.8. The van der Waals surface area contributed by atoms with E-state index < -0.39 is 0 Å². The standard InChI is InChI=1S/C13H12Cl2O2/c1-2-17-11-8-6-10(7-9-11)12(16)4-3-5-13(14)15/h3-9H,2H2,1H3/b4-3+. The molecule has 0 aromatic heterocycles. The van der Waals surface area contributed by atoms with Crippen LogP contribution in [0.2, 0.25) is 0 Å². The van der Waals surface area contributed by atoms with E-state index in [-0.39, 0.29) is 10.3 Å². The molecule has 90 valence electrons. The topological polar surface area (TPSA) is 26.3 Å². The van der Waals surface area contributed by atoms with Gasteiger partial charge in [-0.15, -0.1) is 0 Å². The zero-order valence-electron chi connectivity index (χ0n) is 9.32. The minimum atomic E-state index is -0.112. The van der Waals surface area contributed by atoms with Crippen LogP contribution < -0.4 is 4.74 Å². The van der Waals surface area contributed by atoms with Crippen molar-refractivity contribution in [3.05, 3.63) is 52.5 Å². The summed E-state index contributed by atoms with van der Waals surface area (Å²) >= 11 is 10.8. The second-order valence-corrected chi connectivity index (χ2v) is 4.14. The Morgan fingerprint density at radius 2 is 1.94 bits per heavy atom. The molecule has 1 aromatic rings. The third-order valence-electron chi connectivity index (χ3n) is 1.92. The van der Waals surface area contributed by atoms with Gasteiger partial charge in [-0.25, -0.2) is 0 Å². The first-order chi connectivity index (χ1) is 8.13. The third kappa shape index (κ3) is 5.07. The molecular weight excluding hydrogens is 259 g/mol. The van der Waals surface area contributed by atoms with Gasteiger partial charge in [0.15, 0.2) is 5.78 Å². The summed E-state index contributed by atoms with van der Waals surface area (Å²) in [7, 11) is 0. The van der Waals surface area contributed by atoms with Crippen LogP contribution in [0.5, 0.6) is 5.75 Å². The van der Waals surface area contributed by atoms with Gasteiger partial charge in [0.05, 0.1) is 6.61 Å². The molecule has 0 aliphatic rings. The van der Waals surface area contributed by atoms with E-state index in [1.54, 1.807) is 24.3 Å². The van der Waals surface area contributed by atoms with E-state index in [1.807, 2.05) is 6.92 Å². The fourth-order valence-electron chi connectivity index (χ4n) is 1.19. The molecule has 0 atom stereocenters. The number of rotatable bonds is 5. The second kappa shape index (κ2) is 7.15. The lowest BCUT2D eigenvalue weighted by Gasteiger charge is -2.02. The highest BCUT2D eigenvalue weighted by molar-refractivity contribution is 6.56. The van der Waals surface area contributed by atoms with Crippen LogP contribution in [0.25, 0.3) is 0 Å². The van der Waals surface area contributed by atoms with Gasteiger partial charge in [-0.3, -0.25) is 4.79 Å². The molecule has 0 radical (unpaired) electrons. The van der Waals surface area contributed by atoms with E-state index in [2.05, 4.69) is 0 Å². The Morgan fingerprint density at radius 3 is 2.47 bits per heavy atom. The number of hydrogen-bond acceptors (Lipinski definition) is 2. The average Bonchev–Trinajstić information content (AvgIpc) is 2.30. The largest absolute Gasteiger partial charge is 0.494 e. The normalized spacial score (nSPS) is 10.3. The maximum atomic E-state index is 11.7. The van der Waals surface area contributed by atoms with Crippen LogP contribution in [0.3, 0.4) is 0 Å². The van der Waals surface area contributed by atoms with Crippen molar-refractivity contribution >= 4 is 29.0 Å². The second-order valence-electron chi connectivity index (χ2n) is 3.14. The monoisotopic (exact) mass is 270 g/mol. The molecule has 1 rings (SSSR count). The Bertz CT molecular complexity index is 429. The van der Waals surface area contributed by atoms with Crippen LogP contribution in [-0.4, -0.2) is 12.4 Å². The van der Waals surface area contributed by atoms with E-state index in [0.717, 1.165) is 5.75 Å². The minimum Gasteiger partial charge on any atom is -0.494 e. The summed E-state index contributed by atoms with van der Waals surface area (Å²) in [5, 5.41) is 0. The minimum absolute atomic E-state index is 0.112. The zero-order chi connectivity index (χ0) is 12.7. The molecule has 0 saturated heterocycles. The van der Waals surface area contributed by atoms with Crippen LogP contribution in [0, 0.1) is 0 Å². The molecule has 2 nitrogen and oxygen atoms in total. The summed E-state index contributed by atoms with van der Waals surface area (Å²) in [5.74, 6) is 0.635. The number of benzene rings is 1. The first-order valence-corrected chi connectivity index (χ1v) is 5.85. The lowest BCUT2D eigenvalue weighted by atomic mass is 10.1. The Balaban J connectivity index is 2.70. The SMILES string of the molecule is CCOc1ccc(C(=O)/C=C/C=C(Cl)Cl)cc1. The van der Waals surface area contributed by atoms with Gasteiger partial charge in [0.2, 0.25) is 0 Å². The van der Waals surface area contributed by atoms with Crippen LogP contribution in [0.1, 0.15) is 17.3 Å². The van der Waals surface area contributed by atoms with Crippen molar-refractivity contribution in [2.24, 2.45) is 0 Å². The molecule has 0 N–H and O–H groups in total. The summed E-state index contributed by atoms with van der Waals surface area (Å²) in [5.41, 5.74) is 0.587. The molecule has 0 heterocycles. The van der Waals surface area contributed by atoms with E-state index in [0.29, 0.717) is 12.2 Å². The summed E-state index contributed by atoms with van der Waals surface area (Å²) in [6.45, 7) is 2.51. The number of ketones is 1. The maximum Gasteiger partial charge on any atom is 0.185 e. The van der Waals surface area contributed by atoms with Crippen LogP contribution in [0.15, 0.2) is 47.0 Å². The Kier molecular flexibility index (Phi) is 5.81. The predicted octanol–water partition coefficient (Wildman–Crippen LogP) is 4.14. The molecule has 4 heteroatoms. The molecule has 17 heavy (non-hydrogen) atoms. The van der Waals surface area contributed by atoms with Gasteiger partial charge < -0.3 is 4.74 Å². The van der Waals surface area contributed by atoms with Gasteiger partial charge in [-0.1, -0.05) is 29.3 Å². The van der Waals surface area contributed by atoms with E-state index in [4.69, 9.17) is 27.9 Å². The molecule has 0 unspecified atom stereocenters. The van der Waals surface area contributed by atoms with Crippen molar-refractivity contribution in [2.75, 3.05) is 6.61 Å². The summed E-state index contributed by atoms with van der Waals surface area (Å²) in [6, 6.07) is 6.94. The molecular formula is C13H12Cl2O2. The van der Waals surface area contributed by atoms with E-state index in [9.17, 15) is 4.79 Å². The third-order valence-corrected chi connectivity index (χ3v) is 2.17. The van der Waals surface area contributed by atoms with Gasteiger partial charge in [0.25, 0.3) is 0 Å². The van der Waals surface area contributed by atoms with Gasteiger partial charge in [-0.05, 0) is 43.3 Å². The van der Waals surface area contributed by atoms with E-state index >= 15 is 0 Å². The number of ether oxygens (including phenoxy) is 1. The summed E-state index contributed by atoms with van der Waals surface area (Å²) in [6.07, 6.45) is 4.35. The van der Waals surface area contributed by atoms with Crippen LogP contribution in [0.4, 0.5) is 0 Å². The van der Waals surface area contributed by atoms with E-state index in [1.165, 1.54) is 18.2 Å². The van der Waals surface area contributed by atoms with Crippen molar-refractivity contribution in [1.29, 1.82) is 0 Å². The highest BCUT2D eigenvalue weighted by Crippen LogP contribution is 2.13. The van der Waals surface area contributed by atoms with Gasteiger partial charge in [-0.2, -0.15) is 0 Å². The van der Waals surface area contributed by atoms with Crippen molar-refractivity contribution in [2.45, 2.75) is 6.92 Å². The lowest BCUT2D eigenvalue weighted by molar-refractivity contribution is 0.104. The first-order valence-electron chi connectivity index (χ1n) is 5.10. The molecule has 0 saturated carbocycles. The molecule has 0 spiro atoms. The van der Waals surface area contributed by atoms with Crippen molar-refractivity contribution in [3.8, 4) is 5.75 Å². The smallest absolute Gasteiger partial charge is 0.185 e. The summed E-state index contributed by atoms with van der Waals surface area (Å²) in [4.78, 5) is 11.7. The number of allylic oxidation sites excluding steroid dienone is 3. The van der Waals surface area contributed by atoms with Crippen molar-refractivity contribution < 1.29 is 9.53 Å². The number of halogens is 2. The van der Waals surface area contributed by atoms with Crippen LogP contribution >= 0.6 is 23.2 Å². The zero-order valence-corrected chi connectivity index (χ0v) is 10.8. The molecule has 0 aliphatic carbocycles. The maximum absolute atomic E-state index is 11.7. The lowest BCUT2D eigenvalue weighted by Crippen LogP contribution is -1.95. The fraction of sp³-hybridized carbons (Fsp3) is 0.154. The van der Waals surface area contributed by atoms with Gasteiger partial charge in [0, 0.05) is 5.56 Å². The molecule has 0 aliphatic heterocycles. The molecule has 0 bridgehead atoms. The summed E-state index contributed by atoms with van der Waals surface area (Å²) < 4.78 is 5.39. The number of carbonyl (C=O) groups excluding carboxylic acids is 1. The highest BCUT2D eigenvalue weighted by atomic mass is 35.5. The fourth-order valence-corrected chi connectivity index (χ4v) is 1.33. The Labute approximate surface area is 110 Å². The predicted molar refractivity (Wildman–Crippen MR) is 70.9 cm³/mol. The molecule has 0 amide bonds. The average molecular weight is 271 g/mol. The van der Waals surface area contributed by atoms with Crippen LogP contribution in [-0.2, 0) is 0 Å². The van der Waals surface area contributed by atoms with Crippen molar-refractivity contribution in [3.63, 3.8) is 0 Å². The number of carbonyl (C=O) groups is 1. The Morgan fingerprint density at radius 1 is 1.29 bits per heavy atom. The highest BCUT2D eigenvalue weighted by Gasteiger charge is 2.01. The van der Waals surface area contributed by atoms with Crippen molar-refractivity contribution in [1.82, 2.24) is 0 Å². The van der Waals surface area contributed by atoms with Gasteiger partial charge in [0.1, 0.15) is 10.2 Å². The number of hydrogen-bond donors (Lipinski definition) is 0. The molecule has 1 aromatic carbocycles. The Hall–Kier alpha value is -1.25. The molecule has 0 fully saturated rings. The quantitative estimate of drug-likeness (QED) is 0.457.